The van der Waals surface area contributed by atoms with E-state index in [0.29, 0.717) is 5.92 Å². The Labute approximate surface area is 117 Å². The third-order valence-corrected chi connectivity index (χ3v) is 2.89. The molecule has 1 aromatic heterocycles. The lowest BCUT2D eigenvalue weighted by Gasteiger charge is -2.20. The van der Waals surface area contributed by atoms with Gasteiger partial charge in [0, 0.05) is 24.9 Å². The highest BCUT2D eigenvalue weighted by Gasteiger charge is 2.10. The summed E-state index contributed by atoms with van der Waals surface area (Å²) in [6.45, 7) is 14.2. The average Bonchev–Trinajstić information content (AvgIpc) is 2.72. The van der Waals surface area contributed by atoms with Crippen LogP contribution in [-0.2, 0) is 17.8 Å². The van der Waals surface area contributed by atoms with Crippen LogP contribution in [-0.4, -0.2) is 28.5 Å². The van der Waals surface area contributed by atoms with Crippen LogP contribution in [0.4, 0.5) is 0 Å². The third-order valence-electron chi connectivity index (χ3n) is 2.89. The summed E-state index contributed by atoms with van der Waals surface area (Å²) in [7, 11) is 0. The maximum Gasteiger partial charge on any atom is 0.0662 e. The zero-order valence-electron chi connectivity index (χ0n) is 13.1. The maximum absolute atomic E-state index is 5.64. The lowest BCUT2D eigenvalue weighted by Crippen LogP contribution is -2.35. The molecule has 0 bridgehead atoms. The molecule has 0 fully saturated rings. The molecule has 0 atom stereocenters. The molecule has 0 saturated heterocycles. The van der Waals surface area contributed by atoms with E-state index in [-0.39, 0.29) is 5.54 Å². The summed E-state index contributed by atoms with van der Waals surface area (Å²) in [5, 5.41) is 7.83. The quantitative estimate of drug-likeness (QED) is 0.736. The number of hydrogen-bond acceptors (Lipinski definition) is 3. The van der Waals surface area contributed by atoms with Gasteiger partial charge in [-0.2, -0.15) is 5.10 Å². The van der Waals surface area contributed by atoms with Gasteiger partial charge in [0.05, 0.1) is 18.8 Å². The van der Waals surface area contributed by atoms with Crippen LogP contribution in [0.5, 0.6) is 0 Å². The van der Waals surface area contributed by atoms with Gasteiger partial charge in [0.15, 0.2) is 0 Å². The summed E-state index contributed by atoms with van der Waals surface area (Å²) < 4.78 is 7.66. The van der Waals surface area contributed by atoms with E-state index in [0.717, 1.165) is 32.7 Å². The molecule has 1 heterocycles. The topological polar surface area (TPSA) is 39.1 Å². The van der Waals surface area contributed by atoms with Gasteiger partial charge in [0.25, 0.3) is 0 Å². The van der Waals surface area contributed by atoms with E-state index >= 15 is 0 Å². The van der Waals surface area contributed by atoms with Gasteiger partial charge in [0.2, 0.25) is 0 Å². The summed E-state index contributed by atoms with van der Waals surface area (Å²) in [6.07, 6.45) is 2.98. The van der Waals surface area contributed by atoms with Crippen molar-refractivity contribution in [3.63, 3.8) is 0 Å². The van der Waals surface area contributed by atoms with Crippen LogP contribution in [0.25, 0.3) is 0 Å². The van der Waals surface area contributed by atoms with Gasteiger partial charge in [0.1, 0.15) is 0 Å². The molecule has 1 rings (SSSR count). The summed E-state index contributed by atoms with van der Waals surface area (Å²) in [5.41, 5.74) is 1.34. The summed E-state index contributed by atoms with van der Waals surface area (Å²) >= 11 is 0. The van der Waals surface area contributed by atoms with Gasteiger partial charge >= 0.3 is 0 Å². The predicted molar refractivity (Wildman–Crippen MR) is 79.1 cm³/mol. The first kappa shape index (κ1) is 16.2. The Morgan fingerprint density at radius 3 is 2.68 bits per heavy atom. The van der Waals surface area contributed by atoms with Gasteiger partial charge in [-0.15, -0.1) is 0 Å². The highest BCUT2D eigenvalue weighted by Crippen LogP contribution is 2.04. The fourth-order valence-corrected chi connectivity index (χ4v) is 1.64. The Hall–Kier alpha value is -0.870. The Kier molecular flexibility index (Phi) is 6.52. The SMILES string of the molecule is CC(C)CCOCCn1nccc1CNC(C)(C)C. The molecule has 0 unspecified atom stereocenters. The van der Waals surface area contributed by atoms with E-state index in [1.807, 2.05) is 10.9 Å². The van der Waals surface area contributed by atoms with Gasteiger partial charge in [-0.1, -0.05) is 13.8 Å². The van der Waals surface area contributed by atoms with E-state index in [1.165, 1.54) is 5.69 Å². The molecule has 1 aromatic rings. The van der Waals surface area contributed by atoms with Gasteiger partial charge < -0.3 is 10.1 Å². The van der Waals surface area contributed by atoms with Crippen molar-refractivity contribution in [1.29, 1.82) is 0 Å². The Morgan fingerprint density at radius 2 is 2.05 bits per heavy atom. The second-order valence-corrected chi connectivity index (χ2v) is 6.44. The van der Waals surface area contributed by atoms with Crippen LogP contribution >= 0.6 is 0 Å². The highest BCUT2D eigenvalue weighted by atomic mass is 16.5. The zero-order valence-corrected chi connectivity index (χ0v) is 13.1. The minimum atomic E-state index is 0.128. The van der Waals surface area contributed by atoms with Crippen LogP contribution in [0.1, 0.15) is 46.7 Å². The first-order valence-corrected chi connectivity index (χ1v) is 7.22. The maximum atomic E-state index is 5.64. The minimum absolute atomic E-state index is 0.128. The van der Waals surface area contributed by atoms with Crippen molar-refractivity contribution < 1.29 is 4.74 Å². The molecule has 4 nitrogen and oxygen atoms in total. The number of nitrogens with zero attached hydrogens (tertiary/aromatic N) is 2. The molecule has 0 amide bonds. The van der Waals surface area contributed by atoms with Gasteiger partial charge in [-0.05, 0) is 39.2 Å². The molecular formula is C15H29N3O. The van der Waals surface area contributed by atoms with E-state index in [2.05, 4.69) is 51.1 Å². The zero-order chi connectivity index (χ0) is 14.3. The van der Waals surface area contributed by atoms with Gasteiger partial charge in [-0.3, -0.25) is 4.68 Å². The van der Waals surface area contributed by atoms with Crippen molar-refractivity contribution in [3.8, 4) is 0 Å². The van der Waals surface area contributed by atoms with Crippen molar-refractivity contribution in [3.05, 3.63) is 18.0 Å². The van der Waals surface area contributed by atoms with E-state index < -0.39 is 0 Å². The monoisotopic (exact) mass is 267 g/mol. The number of hydrogen-bond donors (Lipinski definition) is 1. The molecule has 0 saturated carbocycles. The molecule has 0 aliphatic carbocycles. The van der Waals surface area contributed by atoms with Crippen molar-refractivity contribution in [2.24, 2.45) is 5.92 Å². The van der Waals surface area contributed by atoms with Crippen LogP contribution in [0.2, 0.25) is 0 Å². The first-order valence-electron chi connectivity index (χ1n) is 7.22. The molecule has 4 heteroatoms. The Bertz CT molecular complexity index is 353. The van der Waals surface area contributed by atoms with Crippen molar-refractivity contribution >= 4 is 0 Å². The smallest absolute Gasteiger partial charge is 0.0662 e. The van der Waals surface area contributed by atoms with E-state index in [9.17, 15) is 0 Å². The molecule has 0 aromatic carbocycles. The summed E-state index contributed by atoms with van der Waals surface area (Å²) in [4.78, 5) is 0. The predicted octanol–water partition coefficient (Wildman–Crippen LogP) is 2.83. The molecule has 1 N–H and O–H groups in total. The second-order valence-electron chi connectivity index (χ2n) is 6.44. The summed E-state index contributed by atoms with van der Waals surface area (Å²) in [5.74, 6) is 0.705. The fraction of sp³-hybridized carbons (Fsp3) is 0.800. The molecule has 0 spiro atoms. The van der Waals surface area contributed by atoms with Crippen LogP contribution in [0, 0.1) is 5.92 Å². The lowest BCUT2D eigenvalue weighted by molar-refractivity contribution is 0.113. The highest BCUT2D eigenvalue weighted by molar-refractivity contribution is 5.00. The molecule has 0 aliphatic heterocycles. The normalized spacial score (nSPS) is 12.3. The van der Waals surface area contributed by atoms with E-state index in [4.69, 9.17) is 4.74 Å². The van der Waals surface area contributed by atoms with Crippen molar-refractivity contribution in [1.82, 2.24) is 15.1 Å². The second kappa shape index (κ2) is 7.65. The average molecular weight is 267 g/mol. The molecular weight excluding hydrogens is 238 g/mol. The summed E-state index contributed by atoms with van der Waals surface area (Å²) in [6, 6.07) is 2.06. The van der Waals surface area contributed by atoms with Crippen molar-refractivity contribution in [2.45, 2.75) is 59.7 Å². The molecule has 19 heavy (non-hydrogen) atoms. The number of rotatable bonds is 8. The number of nitrogens with one attached hydrogen (secondary N) is 1. The van der Waals surface area contributed by atoms with Crippen molar-refractivity contribution in [2.75, 3.05) is 13.2 Å². The lowest BCUT2D eigenvalue weighted by atomic mass is 10.1. The Morgan fingerprint density at radius 1 is 1.32 bits per heavy atom. The largest absolute Gasteiger partial charge is 0.380 e. The molecule has 110 valence electrons. The van der Waals surface area contributed by atoms with Crippen LogP contribution in [0.15, 0.2) is 12.3 Å². The molecule has 0 radical (unpaired) electrons. The van der Waals surface area contributed by atoms with Crippen LogP contribution < -0.4 is 5.32 Å². The fourth-order valence-electron chi connectivity index (χ4n) is 1.64. The molecule has 0 aliphatic rings. The standard InChI is InChI=1S/C15H29N3O/c1-13(2)7-10-19-11-9-18-14(6-8-17-18)12-16-15(3,4)5/h6,8,13,16H,7,9-12H2,1-5H3. The number of aromatic nitrogens is 2. The minimum Gasteiger partial charge on any atom is -0.380 e. The number of ether oxygens (including phenoxy) is 1. The van der Waals surface area contributed by atoms with Crippen LogP contribution in [0.3, 0.4) is 0 Å². The Balaban J connectivity index is 2.28. The van der Waals surface area contributed by atoms with E-state index in [1.54, 1.807) is 0 Å². The first-order chi connectivity index (χ1) is 8.88. The van der Waals surface area contributed by atoms with Gasteiger partial charge in [-0.25, -0.2) is 0 Å². The third kappa shape index (κ3) is 7.33.